The normalized spacial score (nSPS) is 19.1. The van der Waals surface area contributed by atoms with E-state index in [1.165, 1.54) is 11.1 Å². The summed E-state index contributed by atoms with van der Waals surface area (Å²) in [4.78, 5) is 0. The third-order valence-electron chi connectivity index (χ3n) is 7.11. The fourth-order valence-corrected chi connectivity index (χ4v) is 5.27. The number of halogens is 1. The third-order valence-corrected chi connectivity index (χ3v) is 7.47. The molecule has 0 heterocycles. The standard InChI is InChI=1S/C27H41IO3/c1-8-27(9-2,20(3)18-21(4)30-19-28)31-25-16-12-23(13-17-25)26(5,6)22-10-14-24(29-7)15-11-22/h10-14,16-17,20-21,24H,8-9,15,18-19H2,1-7H3/t20-,21?,24?/m1/s1. The van der Waals surface area contributed by atoms with Gasteiger partial charge in [-0.2, -0.15) is 0 Å². The minimum absolute atomic E-state index is 0.0557. The number of hydrogen-bond donors (Lipinski definition) is 0. The highest BCUT2D eigenvalue weighted by Crippen LogP contribution is 2.38. The van der Waals surface area contributed by atoms with Crippen LogP contribution >= 0.6 is 22.6 Å². The van der Waals surface area contributed by atoms with Gasteiger partial charge >= 0.3 is 0 Å². The molecule has 2 rings (SSSR count). The van der Waals surface area contributed by atoms with Gasteiger partial charge in [-0.1, -0.05) is 87.6 Å². The Hall–Kier alpha value is -0.850. The minimum atomic E-state index is -0.177. The fraction of sp³-hybridized carbons (Fsp3) is 0.630. The molecule has 31 heavy (non-hydrogen) atoms. The second-order valence-electron chi connectivity index (χ2n) is 9.27. The Bertz CT molecular complexity index is 731. The lowest BCUT2D eigenvalue weighted by Crippen LogP contribution is -2.43. The molecular weight excluding hydrogens is 499 g/mol. The van der Waals surface area contributed by atoms with Crippen LogP contribution in [0.3, 0.4) is 0 Å². The van der Waals surface area contributed by atoms with E-state index < -0.39 is 0 Å². The van der Waals surface area contributed by atoms with E-state index in [0.717, 1.165) is 36.0 Å². The SMILES string of the molecule is CCC(CC)(Oc1ccc(C(C)(C)C2=CCC(OC)C=C2)cc1)[C@H](C)CC(C)OCI. The van der Waals surface area contributed by atoms with Crippen LogP contribution < -0.4 is 4.74 Å². The second-order valence-corrected chi connectivity index (χ2v) is 9.90. The molecule has 1 aromatic rings. The van der Waals surface area contributed by atoms with E-state index in [1.54, 1.807) is 7.11 Å². The van der Waals surface area contributed by atoms with E-state index in [-0.39, 0.29) is 23.2 Å². The molecule has 3 atom stereocenters. The largest absolute Gasteiger partial charge is 0.487 e. The Balaban J connectivity index is 2.15. The predicted octanol–water partition coefficient (Wildman–Crippen LogP) is 7.63. The first-order chi connectivity index (χ1) is 14.7. The van der Waals surface area contributed by atoms with Gasteiger partial charge in [0, 0.05) is 12.5 Å². The van der Waals surface area contributed by atoms with Crippen molar-refractivity contribution in [3.63, 3.8) is 0 Å². The summed E-state index contributed by atoms with van der Waals surface area (Å²) in [6, 6.07) is 8.71. The molecule has 0 spiro atoms. The molecule has 0 saturated carbocycles. The van der Waals surface area contributed by atoms with Gasteiger partial charge in [0.2, 0.25) is 0 Å². The summed E-state index contributed by atoms with van der Waals surface area (Å²) in [7, 11) is 1.77. The van der Waals surface area contributed by atoms with Crippen molar-refractivity contribution in [2.24, 2.45) is 5.92 Å². The van der Waals surface area contributed by atoms with E-state index in [1.807, 2.05) is 0 Å². The Labute approximate surface area is 203 Å². The molecule has 0 aromatic heterocycles. The maximum absolute atomic E-state index is 6.68. The highest BCUT2D eigenvalue weighted by atomic mass is 127. The molecular formula is C27H41IO3. The highest BCUT2D eigenvalue weighted by Gasteiger charge is 2.36. The average molecular weight is 541 g/mol. The number of methoxy groups -OCH3 is 1. The number of hydrogen-bond acceptors (Lipinski definition) is 3. The summed E-state index contributed by atoms with van der Waals surface area (Å²) in [6.07, 6.45) is 11.0. The quantitative estimate of drug-likeness (QED) is 0.202. The molecule has 0 fully saturated rings. The highest BCUT2D eigenvalue weighted by molar-refractivity contribution is 14.1. The Kier molecular flexibility index (Phi) is 10.1. The summed E-state index contributed by atoms with van der Waals surface area (Å²) in [5.41, 5.74) is 2.40. The van der Waals surface area contributed by atoms with E-state index in [9.17, 15) is 0 Å². The molecule has 0 bridgehead atoms. The number of allylic oxidation sites excluding steroid dienone is 2. The van der Waals surface area contributed by atoms with Crippen LogP contribution in [0.5, 0.6) is 5.75 Å². The van der Waals surface area contributed by atoms with Crippen molar-refractivity contribution in [3.05, 3.63) is 53.6 Å². The van der Waals surface area contributed by atoms with Crippen LogP contribution in [0.4, 0.5) is 0 Å². The van der Waals surface area contributed by atoms with Crippen LogP contribution in [0, 0.1) is 5.92 Å². The van der Waals surface area contributed by atoms with Crippen LogP contribution in [-0.2, 0) is 14.9 Å². The van der Waals surface area contributed by atoms with Crippen LogP contribution in [0.25, 0.3) is 0 Å². The summed E-state index contributed by atoms with van der Waals surface area (Å²) in [6.45, 7) is 13.5. The van der Waals surface area contributed by atoms with Gasteiger partial charge in [0.25, 0.3) is 0 Å². The Morgan fingerprint density at radius 2 is 1.74 bits per heavy atom. The number of rotatable bonds is 12. The predicted molar refractivity (Wildman–Crippen MR) is 139 cm³/mol. The molecule has 0 saturated heterocycles. The van der Waals surface area contributed by atoms with Crippen molar-refractivity contribution >= 4 is 22.6 Å². The molecule has 1 aliphatic rings. The van der Waals surface area contributed by atoms with Crippen molar-refractivity contribution in [2.45, 2.75) is 90.4 Å². The van der Waals surface area contributed by atoms with Gasteiger partial charge in [-0.25, -0.2) is 0 Å². The van der Waals surface area contributed by atoms with E-state index in [4.69, 9.17) is 14.2 Å². The zero-order valence-corrected chi connectivity index (χ0v) is 22.6. The first kappa shape index (κ1) is 26.4. The first-order valence-corrected chi connectivity index (χ1v) is 13.1. The van der Waals surface area contributed by atoms with Crippen molar-refractivity contribution < 1.29 is 14.2 Å². The van der Waals surface area contributed by atoms with Gasteiger partial charge < -0.3 is 14.2 Å². The fourth-order valence-electron chi connectivity index (χ4n) is 4.66. The molecule has 2 unspecified atom stereocenters. The summed E-state index contributed by atoms with van der Waals surface area (Å²) >= 11 is 2.27. The van der Waals surface area contributed by atoms with Crippen molar-refractivity contribution in [1.82, 2.24) is 0 Å². The molecule has 1 aliphatic carbocycles. The number of ether oxygens (including phenoxy) is 3. The minimum Gasteiger partial charge on any atom is -0.487 e. The lowest BCUT2D eigenvalue weighted by Gasteiger charge is -2.39. The maximum Gasteiger partial charge on any atom is 0.120 e. The van der Waals surface area contributed by atoms with E-state index >= 15 is 0 Å². The first-order valence-electron chi connectivity index (χ1n) is 11.6. The van der Waals surface area contributed by atoms with Crippen molar-refractivity contribution in [1.29, 1.82) is 0 Å². The van der Waals surface area contributed by atoms with E-state index in [0.29, 0.717) is 5.92 Å². The van der Waals surface area contributed by atoms with Gasteiger partial charge in [-0.05, 0) is 61.8 Å². The second kappa shape index (κ2) is 11.9. The number of alkyl halides is 1. The Morgan fingerprint density at radius 3 is 2.23 bits per heavy atom. The zero-order chi connectivity index (χ0) is 23.1. The van der Waals surface area contributed by atoms with Gasteiger partial charge in [0.05, 0.1) is 16.8 Å². The molecule has 3 nitrogen and oxygen atoms in total. The average Bonchev–Trinajstić information content (AvgIpc) is 2.78. The Morgan fingerprint density at radius 1 is 1.10 bits per heavy atom. The van der Waals surface area contributed by atoms with Gasteiger partial charge in [-0.15, -0.1) is 0 Å². The van der Waals surface area contributed by atoms with Crippen LogP contribution in [-0.4, -0.2) is 29.5 Å². The van der Waals surface area contributed by atoms with Crippen LogP contribution in [0.2, 0.25) is 0 Å². The summed E-state index contributed by atoms with van der Waals surface area (Å²) < 4.78 is 18.6. The van der Waals surface area contributed by atoms with Crippen molar-refractivity contribution in [2.75, 3.05) is 11.7 Å². The topological polar surface area (TPSA) is 27.7 Å². The molecule has 174 valence electrons. The molecule has 4 heteroatoms. The molecule has 0 N–H and O–H groups in total. The molecule has 1 aromatic carbocycles. The molecule has 0 radical (unpaired) electrons. The van der Waals surface area contributed by atoms with Gasteiger partial charge in [0.1, 0.15) is 11.4 Å². The van der Waals surface area contributed by atoms with Crippen LogP contribution in [0.15, 0.2) is 48.1 Å². The summed E-state index contributed by atoms with van der Waals surface area (Å²) in [5, 5.41) is 0. The lowest BCUT2D eigenvalue weighted by molar-refractivity contribution is -0.0192. The molecule has 0 aliphatic heterocycles. The lowest BCUT2D eigenvalue weighted by atomic mass is 9.75. The smallest absolute Gasteiger partial charge is 0.120 e. The molecule has 0 amide bonds. The maximum atomic E-state index is 6.68. The van der Waals surface area contributed by atoms with Crippen molar-refractivity contribution in [3.8, 4) is 5.75 Å². The van der Waals surface area contributed by atoms with E-state index in [2.05, 4.69) is 107 Å². The third kappa shape index (κ3) is 6.58. The zero-order valence-electron chi connectivity index (χ0n) is 20.4. The number of benzene rings is 1. The summed E-state index contributed by atoms with van der Waals surface area (Å²) in [5.74, 6) is 1.35. The van der Waals surface area contributed by atoms with Gasteiger partial charge in [0.15, 0.2) is 0 Å². The van der Waals surface area contributed by atoms with Gasteiger partial charge in [-0.3, -0.25) is 0 Å². The monoisotopic (exact) mass is 540 g/mol. The van der Waals surface area contributed by atoms with Crippen LogP contribution in [0.1, 0.15) is 72.8 Å².